The third-order valence-corrected chi connectivity index (χ3v) is 3.19. The molecule has 0 amide bonds. The molecule has 1 saturated heterocycles. The summed E-state index contributed by atoms with van der Waals surface area (Å²) < 4.78 is 4.74. The van der Waals surface area contributed by atoms with Crippen molar-refractivity contribution >= 4 is 5.97 Å². The van der Waals surface area contributed by atoms with Gasteiger partial charge in [0.15, 0.2) is 0 Å². The third-order valence-electron chi connectivity index (χ3n) is 3.19. The summed E-state index contributed by atoms with van der Waals surface area (Å²) in [6, 6.07) is 6.98. The van der Waals surface area contributed by atoms with Gasteiger partial charge in [-0.2, -0.15) is 0 Å². The molecule has 0 aliphatic carbocycles. The lowest BCUT2D eigenvalue weighted by Crippen LogP contribution is -2.43. The number of hydrogen-bond donors (Lipinski definition) is 2. The standard InChI is InChI=1S/C13H17NO3/c1-17-13(16)11-7-4-6-10(14-11)9-5-2-3-8-12(9)15/h2-3,5,8,10-11,14-15H,4,6-7H2,1H3. The fraction of sp³-hybridized carbons (Fsp3) is 0.462. The Bertz CT molecular complexity index is 405. The average Bonchev–Trinajstić information content (AvgIpc) is 2.38. The molecular weight excluding hydrogens is 218 g/mol. The van der Waals surface area contributed by atoms with Crippen molar-refractivity contribution in [2.24, 2.45) is 0 Å². The topological polar surface area (TPSA) is 58.6 Å². The molecule has 17 heavy (non-hydrogen) atoms. The van der Waals surface area contributed by atoms with E-state index in [9.17, 15) is 9.90 Å². The normalized spacial score (nSPS) is 24.3. The lowest BCUT2D eigenvalue weighted by molar-refractivity contribution is -0.144. The summed E-state index contributed by atoms with van der Waals surface area (Å²) in [5.41, 5.74) is 0.848. The van der Waals surface area contributed by atoms with Gasteiger partial charge in [0.1, 0.15) is 11.8 Å². The van der Waals surface area contributed by atoms with E-state index in [-0.39, 0.29) is 23.8 Å². The molecule has 2 unspecified atom stereocenters. The van der Waals surface area contributed by atoms with Crippen LogP contribution >= 0.6 is 0 Å². The number of esters is 1. The quantitative estimate of drug-likeness (QED) is 0.767. The van der Waals surface area contributed by atoms with Gasteiger partial charge in [0, 0.05) is 11.6 Å². The fourth-order valence-corrected chi connectivity index (χ4v) is 2.29. The summed E-state index contributed by atoms with van der Waals surface area (Å²) in [4.78, 5) is 11.5. The molecule has 0 radical (unpaired) electrons. The maximum atomic E-state index is 11.5. The Hall–Kier alpha value is -1.55. The zero-order valence-corrected chi connectivity index (χ0v) is 9.85. The third kappa shape index (κ3) is 2.58. The Morgan fingerprint density at radius 2 is 2.18 bits per heavy atom. The molecular formula is C13H17NO3. The van der Waals surface area contributed by atoms with E-state index in [0.29, 0.717) is 0 Å². The summed E-state index contributed by atoms with van der Waals surface area (Å²) in [6.45, 7) is 0. The molecule has 2 atom stereocenters. The van der Waals surface area contributed by atoms with Gasteiger partial charge >= 0.3 is 5.97 Å². The van der Waals surface area contributed by atoms with Crippen LogP contribution in [0.3, 0.4) is 0 Å². The van der Waals surface area contributed by atoms with Gasteiger partial charge in [-0.25, -0.2) is 0 Å². The van der Waals surface area contributed by atoms with Gasteiger partial charge in [-0.3, -0.25) is 10.1 Å². The predicted molar refractivity (Wildman–Crippen MR) is 63.6 cm³/mol. The molecule has 1 aliphatic rings. The number of rotatable bonds is 2. The number of carbonyl (C=O) groups excluding carboxylic acids is 1. The number of phenols is 1. The number of para-hydroxylation sites is 1. The van der Waals surface area contributed by atoms with Crippen LogP contribution in [0.4, 0.5) is 0 Å². The number of phenolic OH excluding ortho intramolecular Hbond substituents is 1. The molecule has 0 bridgehead atoms. The molecule has 2 rings (SSSR count). The number of nitrogens with one attached hydrogen (secondary N) is 1. The first-order chi connectivity index (χ1) is 8.22. The van der Waals surface area contributed by atoms with E-state index in [1.54, 1.807) is 12.1 Å². The number of ether oxygens (including phenoxy) is 1. The van der Waals surface area contributed by atoms with Crippen LogP contribution in [0.1, 0.15) is 30.9 Å². The van der Waals surface area contributed by atoms with Crippen LogP contribution in [-0.4, -0.2) is 24.2 Å². The SMILES string of the molecule is COC(=O)C1CCCC(c2ccccc2O)N1. The van der Waals surface area contributed by atoms with Gasteiger partial charge in [-0.15, -0.1) is 0 Å². The lowest BCUT2D eigenvalue weighted by Gasteiger charge is -2.29. The van der Waals surface area contributed by atoms with Gasteiger partial charge in [-0.05, 0) is 25.3 Å². The fourth-order valence-electron chi connectivity index (χ4n) is 2.29. The molecule has 1 aliphatic heterocycles. The Morgan fingerprint density at radius 1 is 1.41 bits per heavy atom. The molecule has 1 fully saturated rings. The smallest absolute Gasteiger partial charge is 0.322 e. The van der Waals surface area contributed by atoms with Crippen molar-refractivity contribution in [1.82, 2.24) is 5.32 Å². The monoisotopic (exact) mass is 235 g/mol. The number of hydrogen-bond acceptors (Lipinski definition) is 4. The molecule has 4 nitrogen and oxygen atoms in total. The summed E-state index contributed by atoms with van der Waals surface area (Å²) in [6.07, 6.45) is 2.66. The minimum Gasteiger partial charge on any atom is -0.508 e. The minimum atomic E-state index is -0.265. The Balaban J connectivity index is 2.12. The number of methoxy groups -OCH3 is 1. The predicted octanol–water partition coefficient (Wildman–Crippen LogP) is 1.75. The summed E-state index contributed by atoms with van der Waals surface area (Å²) >= 11 is 0. The minimum absolute atomic E-state index is 0.0223. The summed E-state index contributed by atoms with van der Waals surface area (Å²) in [5, 5.41) is 13.0. The number of carbonyl (C=O) groups is 1. The molecule has 1 heterocycles. The van der Waals surface area contributed by atoms with Gasteiger partial charge < -0.3 is 9.84 Å². The van der Waals surface area contributed by atoms with Gasteiger partial charge in [0.05, 0.1) is 7.11 Å². The first-order valence-electron chi connectivity index (χ1n) is 5.84. The second-order valence-electron chi connectivity index (χ2n) is 4.28. The van der Waals surface area contributed by atoms with Crippen molar-refractivity contribution in [3.8, 4) is 5.75 Å². The van der Waals surface area contributed by atoms with E-state index >= 15 is 0 Å². The van der Waals surface area contributed by atoms with E-state index in [1.165, 1.54) is 7.11 Å². The molecule has 92 valence electrons. The molecule has 4 heteroatoms. The maximum absolute atomic E-state index is 11.5. The first-order valence-corrected chi connectivity index (χ1v) is 5.84. The van der Waals surface area contributed by atoms with E-state index in [4.69, 9.17) is 4.74 Å². The highest BCUT2D eigenvalue weighted by Crippen LogP contribution is 2.31. The molecule has 0 spiro atoms. The Labute approximate surface area is 101 Å². The van der Waals surface area contributed by atoms with E-state index in [1.807, 2.05) is 12.1 Å². The molecule has 1 aromatic carbocycles. The molecule has 2 N–H and O–H groups in total. The number of piperidine rings is 1. The average molecular weight is 235 g/mol. The van der Waals surface area contributed by atoms with E-state index < -0.39 is 0 Å². The molecule has 0 aromatic heterocycles. The number of aromatic hydroxyl groups is 1. The van der Waals surface area contributed by atoms with Crippen molar-refractivity contribution in [2.45, 2.75) is 31.3 Å². The van der Waals surface area contributed by atoms with E-state index in [2.05, 4.69) is 5.32 Å². The largest absolute Gasteiger partial charge is 0.508 e. The van der Waals surface area contributed by atoms with Crippen LogP contribution in [0.15, 0.2) is 24.3 Å². The van der Waals surface area contributed by atoms with Crippen molar-refractivity contribution < 1.29 is 14.6 Å². The van der Waals surface area contributed by atoms with Gasteiger partial charge in [-0.1, -0.05) is 18.2 Å². The van der Waals surface area contributed by atoms with Gasteiger partial charge in [0.2, 0.25) is 0 Å². The van der Waals surface area contributed by atoms with Crippen LogP contribution in [-0.2, 0) is 9.53 Å². The number of benzene rings is 1. The lowest BCUT2D eigenvalue weighted by atomic mass is 9.93. The van der Waals surface area contributed by atoms with Crippen molar-refractivity contribution in [1.29, 1.82) is 0 Å². The summed E-state index contributed by atoms with van der Waals surface area (Å²) in [5.74, 6) is 0.0423. The van der Waals surface area contributed by atoms with Crippen LogP contribution in [0.5, 0.6) is 5.75 Å². The summed E-state index contributed by atoms with van der Waals surface area (Å²) in [7, 11) is 1.40. The van der Waals surface area contributed by atoms with E-state index in [0.717, 1.165) is 24.8 Å². The Morgan fingerprint density at radius 3 is 2.88 bits per heavy atom. The van der Waals surface area contributed by atoms with Crippen LogP contribution in [0.2, 0.25) is 0 Å². The van der Waals surface area contributed by atoms with Crippen LogP contribution in [0, 0.1) is 0 Å². The Kier molecular flexibility index (Phi) is 3.64. The first kappa shape index (κ1) is 11.9. The molecule has 0 saturated carbocycles. The van der Waals surface area contributed by atoms with Crippen LogP contribution < -0.4 is 5.32 Å². The van der Waals surface area contributed by atoms with Gasteiger partial charge in [0.25, 0.3) is 0 Å². The second-order valence-corrected chi connectivity index (χ2v) is 4.28. The zero-order valence-electron chi connectivity index (χ0n) is 9.85. The second kappa shape index (κ2) is 5.19. The highest BCUT2D eigenvalue weighted by Gasteiger charge is 2.28. The zero-order chi connectivity index (χ0) is 12.3. The van der Waals surface area contributed by atoms with Crippen LogP contribution in [0.25, 0.3) is 0 Å². The highest BCUT2D eigenvalue weighted by atomic mass is 16.5. The van der Waals surface area contributed by atoms with Crippen molar-refractivity contribution in [3.05, 3.63) is 29.8 Å². The maximum Gasteiger partial charge on any atom is 0.322 e. The molecule has 1 aromatic rings. The highest BCUT2D eigenvalue weighted by molar-refractivity contribution is 5.75. The van der Waals surface area contributed by atoms with Crippen molar-refractivity contribution in [2.75, 3.05) is 7.11 Å². The van der Waals surface area contributed by atoms with Crippen molar-refractivity contribution in [3.63, 3.8) is 0 Å².